The molecule has 0 saturated heterocycles. The van der Waals surface area contributed by atoms with Gasteiger partial charge in [-0.1, -0.05) is 43.0 Å². The maximum atomic E-state index is 14.5. The minimum absolute atomic E-state index is 0.000883. The van der Waals surface area contributed by atoms with Crippen LogP contribution in [0.15, 0.2) is 34.4 Å². The quantitative estimate of drug-likeness (QED) is 0.115. The number of imide groups is 1. The van der Waals surface area contributed by atoms with Crippen LogP contribution in [0.2, 0.25) is 10.2 Å². The lowest BCUT2D eigenvalue weighted by Gasteiger charge is -2.18. The van der Waals surface area contributed by atoms with Gasteiger partial charge in [-0.3, -0.25) is 19.6 Å². The smallest absolute Gasteiger partial charge is 0.344 e. The summed E-state index contributed by atoms with van der Waals surface area (Å²) in [4.78, 5) is 68.8. The van der Waals surface area contributed by atoms with E-state index in [1.807, 2.05) is 6.92 Å². The molecule has 23 heteroatoms. The molecule has 302 valence electrons. The number of carboxylic acid groups (broad SMARTS) is 1. The second-order valence-corrected chi connectivity index (χ2v) is 14.2. The van der Waals surface area contributed by atoms with Crippen LogP contribution in [-0.4, -0.2) is 90.5 Å². The summed E-state index contributed by atoms with van der Waals surface area (Å²) in [7, 11) is -0.858. The van der Waals surface area contributed by atoms with Gasteiger partial charge in [0.15, 0.2) is 16.8 Å². The predicted molar refractivity (Wildman–Crippen MR) is 195 cm³/mol. The summed E-state index contributed by atoms with van der Waals surface area (Å²) in [5, 5.41) is 13.3. The number of rotatable bonds is 14. The first-order valence-corrected chi connectivity index (χ1v) is 18.9. The van der Waals surface area contributed by atoms with Gasteiger partial charge in [0.1, 0.15) is 17.1 Å². The highest BCUT2D eigenvalue weighted by Crippen LogP contribution is 2.39. The molecule has 5 rings (SSSR count). The zero-order valence-electron chi connectivity index (χ0n) is 30.3. The van der Waals surface area contributed by atoms with Crippen molar-refractivity contribution in [2.75, 3.05) is 37.7 Å². The SMILES string of the molecule is CCCCCOC(=O)COc1cc(N2C(=O)C3=C(CCCC3)C2=O)c(F)cc1Cl.COc1cc(OC)nc(NC(=O)NS(=O)(=O)c2c(C(=O)O)c(Cl)nn2C)n1. The number of amides is 4. The second-order valence-electron chi connectivity index (χ2n) is 11.8. The zero-order chi connectivity index (χ0) is 41.3. The van der Waals surface area contributed by atoms with Gasteiger partial charge in [0.05, 0.1) is 37.6 Å². The van der Waals surface area contributed by atoms with Gasteiger partial charge in [-0.25, -0.2) is 28.4 Å². The fraction of sp³-hybridized carbons (Fsp3) is 0.394. The highest BCUT2D eigenvalue weighted by molar-refractivity contribution is 7.90. The molecule has 0 saturated carbocycles. The molecule has 1 aliphatic heterocycles. The number of hydrogen-bond acceptors (Lipinski definition) is 14. The van der Waals surface area contributed by atoms with E-state index in [-0.39, 0.29) is 34.2 Å². The average Bonchev–Trinajstić information content (AvgIpc) is 3.60. The number of aromatic carboxylic acids is 1. The fourth-order valence-electron chi connectivity index (χ4n) is 5.41. The summed E-state index contributed by atoms with van der Waals surface area (Å²) < 4.78 is 61.9. The number of carbonyl (C=O) groups is 5. The number of nitrogens with zero attached hydrogens (tertiary/aromatic N) is 5. The van der Waals surface area contributed by atoms with E-state index in [2.05, 4.69) is 20.4 Å². The van der Waals surface area contributed by atoms with Crippen molar-refractivity contribution in [3.8, 4) is 17.5 Å². The van der Waals surface area contributed by atoms with E-state index in [1.165, 1.54) is 26.4 Å². The lowest BCUT2D eigenvalue weighted by atomic mass is 9.93. The van der Waals surface area contributed by atoms with Crippen LogP contribution in [0, 0.1) is 5.82 Å². The summed E-state index contributed by atoms with van der Waals surface area (Å²) in [5.41, 5.74) is -0.105. The van der Waals surface area contributed by atoms with Crippen molar-refractivity contribution in [2.24, 2.45) is 7.05 Å². The van der Waals surface area contributed by atoms with Gasteiger partial charge in [-0.05, 0) is 38.2 Å². The predicted octanol–water partition coefficient (Wildman–Crippen LogP) is 4.42. The molecule has 1 aromatic carbocycles. The van der Waals surface area contributed by atoms with Crippen LogP contribution in [0.25, 0.3) is 0 Å². The van der Waals surface area contributed by atoms with Crippen molar-refractivity contribution in [2.45, 2.75) is 56.9 Å². The molecule has 2 aromatic heterocycles. The lowest BCUT2D eigenvalue weighted by Crippen LogP contribution is -2.36. The first-order valence-electron chi connectivity index (χ1n) is 16.7. The van der Waals surface area contributed by atoms with Gasteiger partial charge in [-0.15, -0.1) is 0 Å². The fourth-order valence-corrected chi connectivity index (χ4v) is 7.18. The summed E-state index contributed by atoms with van der Waals surface area (Å²) in [6.07, 6.45) is 5.40. The Morgan fingerprint density at radius 2 is 1.59 bits per heavy atom. The van der Waals surface area contributed by atoms with Gasteiger partial charge in [0.25, 0.3) is 21.8 Å². The molecule has 3 N–H and O–H groups in total. The van der Waals surface area contributed by atoms with Gasteiger partial charge in [0, 0.05) is 24.3 Å². The Bertz CT molecular complexity index is 2130. The molecule has 19 nitrogen and oxygen atoms in total. The van der Waals surface area contributed by atoms with E-state index < -0.39 is 68.0 Å². The number of aromatic nitrogens is 4. The van der Waals surface area contributed by atoms with E-state index in [0.717, 1.165) is 50.1 Å². The molecule has 3 aromatic rings. The number of carbonyl (C=O) groups excluding carboxylic acids is 4. The summed E-state index contributed by atoms with van der Waals surface area (Å²) in [5.74, 6) is -4.26. The van der Waals surface area contributed by atoms with E-state index in [9.17, 15) is 36.8 Å². The van der Waals surface area contributed by atoms with Gasteiger partial charge < -0.3 is 24.1 Å². The number of benzene rings is 1. The highest BCUT2D eigenvalue weighted by Gasteiger charge is 2.41. The van der Waals surface area contributed by atoms with Gasteiger partial charge in [-0.2, -0.15) is 23.5 Å². The molecule has 0 spiro atoms. The number of sulfonamides is 1. The Kier molecular flexibility index (Phi) is 14.6. The van der Waals surface area contributed by atoms with Crippen LogP contribution in [0.4, 0.5) is 20.8 Å². The molecule has 0 fully saturated rings. The molecule has 0 bridgehead atoms. The molecule has 1 aliphatic carbocycles. The van der Waals surface area contributed by atoms with Crippen LogP contribution in [0.5, 0.6) is 17.5 Å². The highest BCUT2D eigenvalue weighted by atomic mass is 35.5. The van der Waals surface area contributed by atoms with E-state index in [0.29, 0.717) is 35.3 Å². The Morgan fingerprint density at radius 3 is 2.14 bits per heavy atom. The molecular formula is C33H36Cl2FN7O12S. The number of methoxy groups -OCH3 is 2. The topological polar surface area (TPSA) is 248 Å². The van der Waals surface area contributed by atoms with E-state index in [1.54, 1.807) is 4.72 Å². The number of anilines is 2. The Labute approximate surface area is 329 Å². The number of hydrogen-bond donors (Lipinski definition) is 3. The number of urea groups is 1. The normalized spacial score (nSPS) is 13.7. The van der Waals surface area contributed by atoms with Crippen molar-refractivity contribution in [1.29, 1.82) is 0 Å². The monoisotopic (exact) mass is 843 g/mol. The van der Waals surface area contributed by atoms with E-state index >= 15 is 0 Å². The summed E-state index contributed by atoms with van der Waals surface area (Å²) in [6, 6.07) is 2.21. The third kappa shape index (κ3) is 10.2. The van der Waals surface area contributed by atoms with Crippen LogP contribution in [0.3, 0.4) is 0 Å². The molecule has 3 heterocycles. The van der Waals surface area contributed by atoms with Crippen LogP contribution >= 0.6 is 23.2 Å². The second kappa shape index (κ2) is 18.9. The Balaban J connectivity index is 0.000000249. The number of esters is 1. The van der Waals surface area contributed by atoms with Gasteiger partial charge >= 0.3 is 18.0 Å². The number of carboxylic acids is 1. The molecule has 56 heavy (non-hydrogen) atoms. The minimum atomic E-state index is -4.64. The summed E-state index contributed by atoms with van der Waals surface area (Å²) >= 11 is 11.6. The van der Waals surface area contributed by atoms with Crippen molar-refractivity contribution >= 4 is 74.6 Å². The maximum Gasteiger partial charge on any atom is 0.344 e. The average molecular weight is 845 g/mol. The Hall–Kier alpha value is -5.54. The van der Waals surface area contributed by atoms with Crippen LogP contribution < -0.4 is 29.1 Å². The molecule has 0 radical (unpaired) electrons. The molecule has 2 aliphatic rings. The van der Waals surface area contributed by atoms with Crippen LogP contribution in [0.1, 0.15) is 62.2 Å². The molecule has 0 atom stereocenters. The first-order chi connectivity index (χ1) is 26.5. The largest absolute Gasteiger partial charge is 0.481 e. The minimum Gasteiger partial charge on any atom is -0.481 e. The van der Waals surface area contributed by atoms with Crippen molar-refractivity contribution in [1.82, 2.24) is 24.5 Å². The molecule has 0 unspecified atom stereocenters. The lowest BCUT2D eigenvalue weighted by molar-refractivity contribution is -0.146. The Morgan fingerprint density at radius 1 is 0.982 bits per heavy atom. The van der Waals surface area contributed by atoms with Gasteiger partial charge in [0.2, 0.25) is 17.7 Å². The summed E-state index contributed by atoms with van der Waals surface area (Å²) in [6.45, 7) is 1.93. The molecular weight excluding hydrogens is 808 g/mol. The van der Waals surface area contributed by atoms with Crippen molar-refractivity contribution in [3.05, 3.63) is 50.9 Å². The van der Waals surface area contributed by atoms with Crippen molar-refractivity contribution < 1.29 is 60.8 Å². The number of aryl methyl sites for hydroxylation is 1. The molecule has 4 amide bonds. The number of ether oxygens (including phenoxy) is 4. The van der Waals surface area contributed by atoms with Crippen molar-refractivity contribution in [3.63, 3.8) is 0 Å². The third-order valence-corrected chi connectivity index (χ3v) is 9.95. The number of halogens is 3. The standard InChI is InChI=1S/C21H23ClFNO5.C12H13ClN6O7S/c1-2-3-6-9-28-19(25)12-29-18-11-17(16(23)10-15(18)22)24-20(26)13-7-4-5-8-14(13)21(24)27;1-19-9(7(10(20)21)8(13)17-19)27(23,24)18-12(22)16-11-14-5(25-2)4-6(15-11)26-3/h10-11H,2-9,12H2,1H3;4H,1-3H3,(H,20,21)(H2,14,15,16,18,22). The number of nitrogens with one attached hydrogen (secondary N) is 2. The third-order valence-electron chi connectivity index (χ3n) is 7.96. The van der Waals surface area contributed by atoms with E-state index in [4.69, 9.17) is 47.3 Å². The number of unbranched alkanes of at least 4 members (excludes halogenated alkanes) is 2. The first kappa shape index (κ1) is 43.2. The maximum absolute atomic E-state index is 14.5. The zero-order valence-corrected chi connectivity index (χ0v) is 32.6. The van der Waals surface area contributed by atoms with Crippen LogP contribution in [-0.2, 0) is 36.2 Å².